The summed E-state index contributed by atoms with van der Waals surface area (Å²) in [5, 5.41) is 7.62. The van der Waals surface area contributed by atoms with Crippen LogP contribution in [-0.2, 0) is 16.1 Å². The molecule has 2 aliphatic heterocycles. The fourth-order valence-electron chi connectivity index (χ4n) is 4.13. The van der Waals surface area contributed by atoms with Gasteiger partial charge in [-0.2, -0.15) is 5.10 Å². The number of fused-ring (bicyclic) bond motifs is 1. The molecular formula is C23H23N3O3. The summed E-state index contributed by atoms with van der Waals surface area (Å²) in [5.41, 5.74) is 3.16. The SMILES string of the molecule is O=C(N[C@@H]1COc2ccccc21)[C@H]1CCO[C@@H]1c1cnn(Cc2ccccc2)c1. The standard InChI is InChI=1S/C23H23N3O3/c27-23(25-20-15-29-21-9-5-4-8-18(20)21)19-10-11-28-22(19)17-12-24-26(14-17)13-16-6-2-1-3-7-16/h1-9,12,14,19-20,22H,10-11,13,15H2,(H,25,27)/t19-,20+,22+/m0/s1. The molecule has 0 saturated carbocycles. The molecule has 2 aliphatic rings. The molecule has 6 nitrogen and oxygen atoms in total. The molecule has 2 aromatic carbocycles. The van der Waals surface area contributed by atoms with Crippen LogP contribution in [0.15, 0.2) is 67.0 Å². The Morgan fingerprint density at radius 3 is 2.86 bits per heavy atom. The molecular weight excluding hydrogens is 366 g/mol. The molecule has 1 aromatic heterocycles. The number of aromatic nitrogens is 2. The number of nitrogens with zero attached hydrogens (tertiary/aromatic N) is 2. The Labute approximate surface area is 169 Å². The van der Waals surface area contributed by atoms with Gasteiger partial charge in [-0.25, -0.2) is 0 Å². The zero-order valence-electron chi connectivity index (χ0n) is 16.0. The lowest BCUT2D eigenvalue weighted by molar-refractivity contribution is -0.127. The van der Waals surface area contributed by atoms with Crippen molar-refractivity contribution in [3.05, 3.63) is 83.7 Å². The van der Waals surface area contributed by atoms with Gasteiger partial charge >= 0.3 is 0 Å². The second-order valence-electron chi connectivity index (χ2n) is 7.55. The molecule has 1 fully saturated rings. The van der Waals surface area contributed by atoms with Crippen LogP contribution >= 0.6 is 0 Å². The first-order valence-corrected chi connectivity index (χ1v) is 9.98. The van der Waals surface area contributed by atoms with E-state index in [9.17, 15) is 4.79 Å². The Hall–Kier alpha value is -3.12. The first-order chi connectivity index (χ1) is 14.3. The van der Waals surface area contributed by atoms with Crippen molar-refractivity contribution in [1.82, 2.24) is 15.1 Å². The minimum absolute atomic E-state index is 0.00797. The lowest BCUT2D eigenvalue weighted by atomic mass is 9.95. The van der Waals surface area contributed by atoms with Gasteiger partial charge in [0.25, 0.3) is 0 Å². The largest absolute Gasteiger partial charge is 0.491 e. The van der Waals surface area contributed by atoms with Crippen LogP contribution in [0.5, 0.6) is 5.75 Å². The maximum atomic E-state index is 13.0. The van der Waals surface area contributed by atoms with E-state index < -0.39 is 0 Å². The number of rotatable bonds is 5. The van der Waals surface area contributed by atoms with Gasteiger partial charge in [0.1, 0.15) is 12.4 Å². The van der Waals surface area contributed by atoms with Gasteiger partial charge < -0.3 is 14.8 Å². The number of amides is 1. The third-order valence-corrected chi connectivity index (χ3v) is 5.61. The molecule has 3 atom stereocenters. The summed E-state index contributed by atoms with van der Waals surface area (Å²) in [6.45, 7) is 1.74. The molecule has 5 rings (SSSR count). The van der Waals surface area contributed by atoms with Crippen LogP contribution in [-0.4, -0.2) is 28.9 Å². The number of nitrogens with one attached hydrogen (secondary N) is 1. The van der Waals surface area contributed by atoms with Gasteiger partial charge in [0.15, 0.2) is 0 Å². The number of para-hydroxylation sites is 1. The van der Waals surface area contributed by atoms with E-state index in [1.165, 1.54) is 5.56 Å². The van der Waals surface area contributed by atoms with Gasteiger partial charge in [-0.1, -0.05) is 48.5 Å². The highest BCUT2D eigenvalue weighted by molar-refractivity contribution is 5.80. The van der Waals surface area contributed by atoms with E-state index in [1.54, 1.807) is 0 Å². The van der Waals surface area contributed by atoms with Crippen molar-refractivity contribution >= 4 is 5.91 Å². The van der Waals surface area contributed by atoms with E-state index in [0.29, 0.717) is 26.2 Å². The molecule has 1 amide bonds. The Morgan fingerprint density at radius 1 is 1.14 bits per heavy atom. The van der Waals surface area contributed by atoms with Gasteiger partial charge in [-0.05, 0) is 18.1 Å². The molecule has 0 spiro atoms. The van der Waals surface area contributed by atoms with E-state index in [2.05, 4.69) is 22.5 Å². The van der Waals surface area contributed by atoms with Crippen molar-refractivity contribution in [3.63, 3.8) is 0 Å². The van der Waals surface area contributed by atoms with Gasteiger partial charge in [-0.3, -0.25) is 9.48 Å². The molecule has 1 N–H and O–H groups in total. The van der Waals surface area contributed by atoms with Crippen LogP contribution in [0.1, 0.15) is 35.3 Å². The molecule has 3 heterocycles. The zero-order chi connectivity index (χ0) is 19.6. The maximum Gasteiger partial charge on any atom is 0.226 e. The average molecular weight is 389 g/mol. The van der Waals surface area contributed by atoms with E-state index in [4.69, 9.17) is 9.47 Å². The summed E-state index contributed by atoms with van der Waals surface area (Å²) < 4.78 is 13.5. The highest BCUT2D eigenvalue weighted by Gasteiger charge is 2.38. The number of carbonyl (C=O) groups excluding carboxylic acids is 1. The number of carbonyl (C=O) groups is 1. The third kappa shape index (κ3) is 3.63. The van der Waals surface area contributed by atoms with Gasteiger partial charge in [-0.15, -0.1) is 0 Å². The number of hydrogen-bond acceptors (Lipinski definition) is 4. The minimum Gasteiger partial charge on any atom is -0.491 e. The molecule has 1 saturated heterocycles. The molecule has 3 aromatic rings. The summed E-state index contributed by atoms with van der Waals surface area (Å²) in [5.74, 6) is 0.630. The molecule has 6 heteroatoms. The number of ether oxygens (including phenoxy) is 2. The quantitative estimate of drug-likeness (QED) is 0.727. The molecule has 148 valence electrons. The predicted octanol–water partition coefficient (Wildman–Crippen LogP) is 3.26. The molecule has 0 radical (unpaired) electrons. The Balaban J connectivity index is 1.27. The van der Waals surface area contributed by atoms with Crippen molar-refractivity contribution in [2.24, 2.45) is 5.92 Å². The normalized spacial score (nSPS) is 22.8. The van der Waals surface area contributed by atoms with Crippen LogP contribution in [0.2, 0.25) is 0 Å². The summed E-state index contributed by atoms with van der Waals surface area (Å²) in [4.78, 5) is 13.0. The minimum atomic E-state index is -0.267. The number of hydrogen-bond donors (Lipinski definition) is 1. The zero-order valence-corrected chi connectivity index (χ0v) is 16.0. The fourth-order valence-corrected chi connectivity index (χ4v) is 4.13. The Morgan fingerprint density at radius 2 is 1.97 bits per heavy atom. The fraction of sp³-hybridized carbons (Fsp3) is 0.304. The Bertz CT molecular complexity index is 1000. The van der Waals surface area contributed by atoms with Crippen molar-refractivity contribution in [2.45, 2.75) is 25.1 Å². The second-order valence-corrected chi connectivity index (χ2v) is 7.55. The maximum absolute atomic E-state index is 13.0. The smallest absolute Gasteiger partial charge is 0.226 e. The van der Waals surface area contributed by atoms with E-state index >= 15 is 0 Å². The summed E-state index contributed by atoms with van der Waals surface area (Å²) in [6.07, 6.45) is 4.23. The molecule has 0 bridgehead atoms. The molecule has 0 aliphatic carbocycles. The molecule has 29 heavy (non-hydrogen) atoms. The van der Waals surface area contributed by atoms with Crippen LogP contribution in [0.4, 0.5) is 0 Å². The highest BCUT2D eigenvalue weighted by atomic mass is 16.5. The topological polar surface area (TPSA) is 65.4 Å². The van der Waals surface area contributed by atoms with Gasteiger partial charge in [0.2, 0.25) is 5.91 Å². The van der Waals surface area contributed by atoms with Crippen LogP contribution < -0.4 is 10.1 Å². The Kier molecular flexibility index (Phi) is 4.77. The average Bonchev–Trinajstić information content (AvgIpc) is 3.48. The molecule has 0 unspecified atom stereocenters. The van der Waals surface area contributed by atoms with Crippen molar-refractivity contribution in [3.8, 4) is 5.75 Å². The van der Waals surface area contributed by atoms with E-state index in [-0.39, 0.29) is 24.0 Å². The monoisotopic (exact) mass is 389 g/mol. The van der Waals surface area contributed by atoms with Crippen LogP contribution in [0.3, 0.4) is 0 Å². The third-order valence-electron chi connectivity index (χ3n) is 5.61. The van der Waals surface area contributed by atoms with Crippen molar-refractivity contribution in [1.29, 1.82) is 0 Å². The highest BCUT2D eigenvalue weighted by Crippen LogP contribution is 2.36. The van der Waals surface area contributed by atoms with E-state index in [1.807, 2.05) is 59.5 Å². The summed E-state index contributed by atoms with van der Waals surface area (Å²) in [6, 6.07) is 17.9. The number of benzene rings is 2. The van der Waals surface area contributed by atoms with Crippen LogP contribution in [0.25, 0.3) is 0 Å². The summed E-state index contributed by atoms with van der Waals surface area (Å²) in [7, 11) is 0. The van der Waals surface area contributed by atoms with E-state index in [0.717, 1.165) is 16.9 Å². The lowest BCUT2D eigenvalue weighted by Crippen LogP contribution is -2.35. The lowest BCUT2D eigenvalue weighted by Gasteiger charge is -2.19. The summed E-state index contributed by atoms with van der Waals surface area (Å²) >= 11 is 0. The first kappa shape index (κ1) is 17.9. The van der Waals surface area contributed by atoms with Gasteiger partial charge in [0, 0.05) is 23.9 Å². The van der Waals surface area contributed by atoms with Crippen molar-refractivity contribution in [2.75, 3.05) is 13.2 Å². The van der Waals surface area contributed by atoms with Crippen molar-refractivity contribution < 1.29 is 14.3 Å². The van der Waals surface area contributed by atoms with Gasteiger partial charge in [0.05, 0.1) is 30.8 Å². The second kappa shape index (κ2) is 7.72. The predicted molar refractivity (Wildman–Crippen MR) is 107 cm³/mol. The first-order valence-electron chi connectivity index (χ1n) is 9.98. The van der Waals surface area contributed by atoms with Crippen LogP contribution in [0, 0.1) is 5.92 Å².